The van der Waals surface area contributed by atoms with Gasteiger partial charge in [0.2, 0.25) is 0 Å². The maximum absolute atomic E-state index is 11.3. The Morgan fingerprint density at radius 1 is 1.26 bits per heavy atom. The van der Waals surface area contributed by atoms with Crippen LogP contribution in [-0.4, -0.2) is 22.5 Å². The van der Waals surface area contributed by atoms with Crippen molar-refractivity contribution in [1.82, 2.24) is 10.3 Å². The second-order valence-corrected chi connectivity index (χ2v) is 8.03. The average molecular weight is 365 g/mol. The van der Waals surface area contributed by atoms with Crippen molar-refractivity contribution in [2.75, 3.05) is 6.54 Å². The molecule has 2 heterocycles. The lowest BCUT2D eigenvalue weighted by molar-refractivity contribution is -0.386. The van der Waals surface area contributed by atoms with E-state index in [9.17, 15) is 10.1 Å². The van der Waals surface area contributed by atoms with E-state index in [4.69, 9.17) is 4.74 Å². The second-order valence-electron chi connectivity index (χ2n) is 8.03. The van der Waals surface area contributed by atoms with Crippen LogP contribution in [0.15, 0.2) is 36.5 Å². The molecule has 2 fully saturated rings. The van der Waals surface area contributed by atoms with E-state index in [-0.39, 0.29) is 17.0 Å². The first-order chi connectivity index (χ1) is 13.2. The molecule has 0 spiro atoms. The molecule has 0 unspecified atom stereocenters. The molecule has 1 saturated heterocycles. The summed E-state index contributed by atoms with van der Waals surface area (Å²) in [6.45, 7) is 1.07. The Labute approximate surface area is 158 Å². The van der Waals surface area contributed by atoms with E-state index >= 15 is 0 Å². The number of rotatable bonds is 3. The molecular weight excluding hydrogens is 342 g/mol. The molecule has 2 aromatic rings. The number of hydrogen-bond donors (Lipinski definition) is 1. The van der Waals surface area contributed by atoms with E-state index in [1.807, 2.05) is 6.07 Å². The van der Waals surface area contributed by atoms with Gasteiger partial charge in [0.05, 0.1) is 4.92 Å². The molecule has 5 rings (SSSR count). The number of nitrogens with zero attached hydrogens (tertiary/aromatic N) is 2. The highest BCUT2D eigenvalue weighted by Gasteiger charge is 2.51. The first-order valence-corrected chi connectivity index (χ1v) is 9.81. The Kier molecular flexibility index (Phi) is 3.90. The third-order valence-electron chi connectivity index (χ3n) is 6.78. The molecule has 6 heteroatoms. The number of nitrogens with one attached hydrogen (secondary N) is 1. The monoisotopic (exact) mass is 365 g/mol. The van der Waals surface area contributed by atoms with Crippen LogP contribution >= 0.6 is 0 Å². The van der Waals surface area contributed by atoms with Gasteiger partial charge in [-0.25, -0.2) is 4.98 Å². The Morgan fingerprint density at radius 2 is 2.19 bits per heavy atom. The summed E-state index contributed by atoms with van der Waals surface area (Å²) < 4.78 is 5.88. The number of nitro groups is 1. The van der Waals surface area contributed by atoms with Gasteiger partial charge < -0.3 is 10.1 Å². The summed E-state index contributed by atoms with van der Waals surface area (Å²) in [4.78, 5) is 14.9. The summed E-state index contributed by atoms with van der Waals surface area (Å²) in [6.07, 6.45) is 8.85. The van der Waals surface area contributed by atoms with Crippen LogP contribution in [0.25, 0.3) is 0 Å². The Bertz CT molecular complexity index is 896. The molecule has 2 aliphatic carbocycles. The van der Waals surface area contributed by atoms with Crippen molar-refractivity contribution in [2.24, 2.45) is 5.92 Å². The molecule has 2 bridgehead atoms. The summed E-state index contributed by atoms with van der Waals surface area (Å²) in [5.74, 6) is 1.39. The molecule has 1 saturated carbocycles. The maximum atomic E-state index is 11.3. The zero-order valence-corrected chi connectivity index (χ0v) is 15.2. The van der Waals surface area contributed by atoms with Gasteiger partial charge in [0.1, 0.15) is 5.75 Å². The van der Waals surface area contributed by atoms with Gasteiger partial charge in [0, 0.05) is 23.7 Å². The molecule has 1 N–H and O–H groups in total. The lowest BCUT2D eigenvalue weighted by Crippen LogP contribution is -2.59. The van der Waals surface area contributed by atoms with E-state index in [0.29, 0.717) is 17.7 Å². The summed E-state index contributed by atoms with van der Waals surface area (Å²) in [5, 5.41) is 15.0. The second kappa shape index (κ2) is 6.30. The Balaban J connectivity index is 1.55. The van der Waals surface area contributed by atoms with Gasteiger partial charge in [0.15, 0.2) is 0 Å². The molecular formula is C21H23N3O3. The van der Waals surface area contributed by atoms with Gasteiger partial charge in [-0.05, 0) is 67.5 Å². The van der Waals surface area contributed by atoms with Crippen molar-refractivity contribution in [3.05, 3.63) is 57.8 Å². The number of fused-ring (bicyclic) bond motifs is 1. The minimum Gasteiger partial charge on any atom is -0.434 e. The SMILES string of the molecule is O=[N+]([O-])c1cccnc1Oc1ccc2c(c1)[C@]13CCCC[C@@H]1[C@H](C2)NCC3. The third kappa shape index (κ3) is 2.62. The predicted octanol–water partition coefficient (Wildman–Crippen LogP) is 4.13. The zero-order valence-electron chi connectivity index (χ0n) is 15.2. The lowest BCUT2D eigenvalue weighted by Gasteiger charge is -2.56. The number of ether oxygens (including phenoxy) is 1. The summed E-state index contributed by atoms with van der Waals surface area (Å²) >= 11 is 0. The highest BCUT2D eigenvalue weighted by atomic mass is 16.6. The minimum absolute atomic E-state index is 0.0548. The quantitative estimate of drug-likeness (QED) is 0.654. The van der Waals surface area contributed by atoms with E-state index < -0.39 is 4.92 Å². The van der Waals surface area contributed by atoms with Gasteiger partial charge in [-0.1, -0.05) is 18.9 Å². The summed E-state index contributed by atoms with van der Waals surface area (Å²) in [6, 6.07) is 9.76. The van der Waals surface area contributed by atoms with Gasteiger partial charge >= 0.3 is 5.69 Å². The fourth-order valence-corrected chi connectivity index (χ4v) is 5.68. The van der Waals surface area contributed by atoms with E-state index in [1.165, 1.54) is 49.1 Å². The van der Waals surface area contributed by atoms with Crippen LogP contribution in [0.2, 0.25) is 0 Å². The van der Waals surface area contributed by atoms with Crippen LogP contribution in [0.5, 0.6) is 11.6 Å². The normalized spacial score (nSPS) is 28.7. The molecule has 3 atom stereocenters. The molecule has 6 nitrogen and oxygen atoms in total. The fraction of sp³-hybridized carbons (Fsp3) is 0.476. The van der Waals surface area contributed by atoms with Crippen LogP contribution in [0.4, 0.5) is 5.69 Å². The molecule has 0 amide bonds. The molecule has 1 aromatic heterocycles. The maximum Gasteiger partial charge on any atom is 0.331 e. The first kappa shape index (κ1) is 16.7. The van der Waals surface area contributed by atoms with Crippen LogP contribution < -0.4 is 10.1 Å². The lowest BCUT2D eigenvalue weighted by atomic mass is 9.53. The zero-order chi connectivity index (χ0) is 18.4. The first-order valence-electron chi connectivity index (χ1n) is 9.81. The number of piperidine rings is 1. The van der Waals surface area contributed by atoms with E-state index in [1.54, 1.807) is 6.07 Å². The number of benzene rings is 1. The summed E-state index contributed by atoms with van der Waals surface area (Å²) in [7, 11) is 0. The Morgan fingerprint density at radius 3 is 3.07 bits per heavy atom. The van der Waals surface area contributed by atoms with Gasteiger partial charge in [-0.15, -0.1) is 0 Å². The largest absolute Gasteiger partial charge is 0.434 e. The van der Waals surface area contributed by atoms with Crippen molar-refractivity contribution < 1.29 is 9.66 Å². The van der Waals surface area contributed by atoms with Crippen molar-refractivity contribution in [1.29, 1.82) is 0 Å². The van der Waals surface area contributed by atoms with Crippen molar-refractivity contribution in [2.45, 2.75) is 50.0 Å². The molecule has 3 aliphatic rings. The third-order valence-corrected chi connectivity index (χ3v) is 6.78. The fourth-order valence-electron chi connectivity index (χ4n) is 5.68. The molecule has 27 heavy (non-hydrogen) atoms. The number of aromatic nitrogens is 1. The standard InChI is InChI=1S/C21H23N3O3/c25-24(26)19-5-3-10-23-20(19)27-15-7-6-14-12-18-16-4-1-2-8-21(16,9-11-22-18)17(14)13-15/h3,5-7,10,13,16,18,22H,1-2,4,8-9,11-12H2/t16-,18+,21+/m1/s1. The smallest absolute Gasteiger partial charge is 0.331 e. The van der Waals surface area contributed by atoms with Crippen LogP contribution in [0, 0.1) is 16.0 Å². The number of hydrogen-bond acceptors (Lipinski definition) is 5. The van der Waals surface area contributed by atoms with Crippen molar-refractivity contribution in [3.63, 3.8) is 0 Å². The highest BCUT2D eigenvalue weighted by molar-refractivity contribution is 5.48. The van der Waals surface area contributed by atoms with Crippen molar-refractivity contribution >= 4 is 5.69 Å². The van der Waals surface area contributed by atoms with E-state index in [2.05, 4.69) is 22.4 Å². The topological polar surface area (TPSA) is 77.3 Å². The average Bonchev–Trinajstić information content (AvgIpc) is 2.69. The van der Waals surface area contributed by atoms with Crippen molar-refractivity contribution in [3.8, 4) is 11.6 Å². The molecule has 1 aromatic carbocycles. The van der Waals surface area contributed by atoms with Crippen LogP contribution in [-0.2, 0) is 11.8 Å². The number of pyridine rings is 1. The van der Waals surface area contributed by atoms with Gasteiger partial charge in [-0.2, -0.15) is 0 Å². The molecule has 1 aliphatic heterocycles. The summed E-state index contributed by atoms with van der Waals surface area (Å²) in [5.41, 5.74) is 2.93. The van der Waals surface area contributed by atoms with Gasteiger partial charge in [-0.3, -0.25) is 10.1 Å². The molecule has 140 valence electrons. The van der Waals surface area contributed by atoms with Crippen LogP contribution in [0.3, 0.4) is 0 Å². The highest BCUT2D eigenvalue weighted by Crippen LogP contribution is 2.54. The Hall–Kier alpha value is -2.47. The van der Waals surface area contributed by atoms with E-state index in [0.717, 1.165) is 19.4 Å². The minimum atomic E-state index is -0.450. The van der Waals surface area contributed by atoms with Crippen LogP contribution in [0.1, 0.15) is 43.2 Å². The predicted molar refractivity (Wildman–Crippen MR) is 101 cm³/mol. The molecule has 0 radical (unpaired) electrons. The van der Waals surface area contributed by atoms with Gasteiger partial charge in [0.25, 0.3) is 5.88 Å².